The van der Waals surface area contributed by atoms with Gasteiger partial charge in [0.1, 0.15) is 6.10 Å². The van der Waals surface area contributed by atoms with Crippen molar-refractivity contribution in [3.63, 3.8) is 0 Å². The Hall–Kier alpha value is -2.09. The highest BCUT2D eigenvalue weighted by atomic mass is 16.5. The van der Waals surface area contributed by atoms with Crippen molar-refractivity contribution in [2.75, 3.05) is 0 Å². The van der Waals surface area contributed by atoms with E-state index in [1.807, 2.05) is 0 Å². The van der Waals surface area contributed by atoms with Crippen LogP contribution in [-0.4, -0.2) is 12.1 Å². The van der Waals surface area contributed by atoms with Gasteiger partial charge in [-0.3, -0.25) is 4.79 Å². The lowest BCUT2D eigenvalue weighted by atomic mass is 9.47. The van der Waals surface area contributed by atoms with E-state index in [0.29, 0.717) is 17.3 Å². The highest BCUT2D eigenvalue weighted by molar-refractivity contribution is 5.69. The minimum atomic E-state index is 0.0677. The second-order valence-corrected chi connectivity index (χ2v) is 25.7. The monoisotopic (exact) mass is 1010 g/mol. The largest absolute Gasteiger partial charge is 0.462 e. The molecule has 0 aromatic rings. The summed E-state index contributed by atoms with van der Waals surface area (Å²) in [6.45, 7) is 14.9. The van der Waals surface area contributed by atoms with Crippen LogP contribution >= 0.6 is 0 Å². The zero-order valence-electron chi connectivity index (χ0n) is 49.6. The smallest absolute Gasteiger partial charge is 0.306 e. The number of ether oxygens (including phenoxy) is 1. The standard InChI is InChI=1S/C71H122O2/c1-7-8-9-10-11-12-13-14-15-16-17-18-19-20-21-22-23-24-25-26-27-28-29-30-31-32-33-34-35-36-37-38-39-40-41-42-43-44-45-46-47-51-69(72)73-64-56-58-70(5)63(60-64)52-53-65-67-55-54-66(62(4)50-48-49-61(2)3)71(67,6)59-57-68(65)70/h8-9,11-12,14-15,17-18,20-21,52,61-62,64-68H,7,10,13,16,19,22-51,53-60H2,1-6H3/b9-8-,12-11-,15-14-,18-17-,21-20-. The minimum absolute atomic E-state index is 0.0677. The molecular formula is C71H122O2. The average Bonchev–Trinajstić information content (AvgIpc) is 3.74. The second-order valence-electron chi connectivity index (χ2n) is 25.7. The van der Waals surface area contributed by atoms with E-state index >= 15 is 0 Å². The fourth-order valence-corrected chi connectivity index (χ4v) is 15.0. The van der Waals surface area contributed by atoms with E-state index in [2.05, 4.69) is 108 Å². The van der Waals surface area contributed by atoms with Crippen LogP contribution < -0.4 is 0 Å². The number of esters is 1. The van der Waals surface area contributed by atoms with Gasteiger partial charge in [-0.05, 0) is 143 Å². The van der Waals surface area contributed by atoms with Gasteiger partial charge in [-0.1, -0.05) is 281 Å². The molecule has 418 valence electrons. The molecule has 0 aliphatic heterocycles. The number of fused-ring (bicyclic) bond motifs is 5. The van der Waals surface area contributed by atoms with Crippen molar-refractivity contribution in [2.24, 2.45) is 46.3 Å². The molecule has 4 aliphatic rings. The molecule has 0 amide bonds. The first-order valence-corrected chi connectivity index (χ1v) is 32.8. The van der Waals surface area contributed by atoms with Gasteiger partial charge in [0, 0.05) is 12.8 Å². The van der Waals surface area contributed by atoms with Gasteiger partial charge >= 0.3 is 5.97 Å². The molecular weight excluding hydrogens is 885 g/mol. The maximum Gasteiger partial charge on any atom is 0.306 e. The SMILES string of the molecule is CC/C=C\C/C=C\C/C=C\C/C=C\C/C=C\CCCCCCCCCCCCCCCCCCCCCCCCCCCC(=O)OC1CCC2(C)C(=CCC3C2CCC2(C)C(C(C)CCCC(C)C)CCC32)C1. The van der Waals surface area contributed by atoms with Crippen molar-refractivity contribution < 1.29 is 9.53 Å². The topological polar surface area (TPSA) is 26.3 Å². The van der Waals surface area contributed by atoms with Gasteiger partial charge in [0.2, 0.25) is 0 Å². The first-order chi connectivity index (χ1) is 35.7. The molecule has 3 saturated carbocycles. The summed E-state index contributed by atoms with van der Waals surface area (Å²) in [4.78, 5) is 13.0. The maximum atomic E-state index is 13.0. The molecule has 8 unspecified atom stereocenters. The maximum absolute atomic E-state index is 13.0. The molecule has 2 heteroatoms. The molecule has 0 bridgehead atoms. The average molecular weight is 1010 g/mol. The predicted octanol–water partition coefficient (Wildman–Crippen LogP) is 23.2. The van der Waals surface area contributed by atoms with Crippen LogP contribution in [-0.2, 0) is 9.53 Å². The summed E-state index contributed by atoms with van der Waals surface area (Å²) >= 11 is 0. The summed E-state index contributed by atoms with van der Waals surface area (Å²) in [5.74, 6) is 5.32. The molecule has 0 aromatic heterocycles. The van der Waals surface area contributed by atoms with Gasteiger partial charge in [-0.2, -0.15) is 0 Å². The number of rotatable bonds is 43. The van der Waals surface area contributed by atoms with Gasteiger partial charge in [0.05, 0.1) is 0 Å². The number of unbranched alkanes of at least 4 members (excludes halogenated alkanes) is 25. The molecule has 73 heavy (non-hydrogen) atoms. The fraction of sp³-hybridized carbons (Fsp3) is 0.817. The summed E-state index contributed by atoms with van der Waals surface area (Å²) in [5, 5.41) is 0. The third-order valence-electron chi connectivity index (χ3n) is 19.5. The van der Waals surface area contributed by atoms with Crippen LogP contribution in [0.15, 0.2) is 72.4 Å². The predicted molar refractivity (Wildman–Crippen MR) is 322 cm³/mol. The van der Waals surface area contributed by atoms with Crippen LogP contribution in [0.3, 0.4) is 0 Å². The Kier molecular flexibility index (Phi) is 34.2. The van der Waals surface area contributed by atoms with E-state index in [1.54, 1.807) is 5.57 Å². The van der Waals surface area contributed by atoms with E-state index in [0.717, 1.165) is 86.9 Å². The van der Waals surface area contributed by atoms with Crippen molar-refractivity contribution in [1.82, 2.24) is 0 Å². The van der Waals surface area contributed by atoms with Gasteiger partial charge in [0.15, 0.2) is 0 Å². The van der Waals surface area contributed by atoms with E-state index < -0.39 is 0 Å². The molecule has 4 rings (SSSR count). The lowest BCUT2D eigenvalue weighted by molar-refractivity contribution is -0.151. The fourth-order valence-electron chi connectivity index (χ4n) is 15.0. The summed E-state index contributed by atoms with van der Waals surface area (Å²) in [5.41, 5.74) is 2.53. The molecule has 0 spiro atoms. The summed E-state index contributed by atoms with van der Waals surface area (Å²) < 4.78 is 6.19. The second kappa shape index (κ2) is 39.3. The highest BCUT2D eigenvalue weighted by Crippen LogP contribution is 2.67. The van der Waals surface area contributed by atoms with Crippen molar-refractivity contribution in [3.05, 3.63) is 72.4 Å². The Bertz CT molecular complexity index is 1570. The van der Waals surface area contributed by atoms with Crippen molar-refractivity contribution in [3.8, 4) is 0 Å². The van der Waals surface area contributed by atoms with Gasteiger partial charge in [-0.15, -0.1) is 0 Å². The molecule has 0 saturated heterocycles. The van der Waals surface area contributed by atoms with Crippen LogP contribution in [0.25, 0.3) is 0 Å². The van der Waals surface area contributed by atoms with Crippen LogP contribution in [0.1, 0.15) is 318 Å². The zero-order valence-corrected chi connectivity index (χ0v) is 49.6. The van der Waals surface area contributed by atoms with Crippen molar-refractivity contribution in [2.45, 2.75) is 324 Å². The first kappa shape index (κ1) is 63.4. The molecule has 0 heterocycles. The third-order valence-corrected chi connectivity index (χ3v) is 19.5. The van der Waals surface area contributed by atoms with Crippen LogP contribution in [0.2, 0.25) is 0 Å². The van der Waals surface area contributed by atoms with E-state index in [-0.39, 0.29) is 12.1 Å². The number of allylic oxidation sites excluding steroid dienone is 11. The van der Waals surface area contributed by atoms with Crippen LogP contribution in [0, 0.1) is 46.3 Å². The molecule has 0 aromatic carbocycles. The van der Waals surface area contributed by atoms with Gasteiger partial charge in [0.25, 0.3) is 0 Å². The lowest BCUT2D eigenvalue weighted by Crippen LogP contribution is -2.51. The Labute approximate surface area is 455 Å². The molecule has 3 fully saturated rings. The Balaban J connectivity index is 0.845. The quantitative estimate of drug-likeness (QED) is 0.0346. The number of hydrogen-bond acceptors (Lipinski definition) is 2. The normalized spacial score (nSPS) is 25.7. The number of carbonyl (C=O) groups is 1. The Morgan fingerprint density at radius 3 is 1.49 bits per heavy atom. The molecule has 2 nitrogen and oxygen atoms in total. The summed E-state index contributed by atoms with van der Waals surface area (Å²) in [7, 11) is 0. The van der Waals surface area contributed by atoms with Crippen molar-refractivity contribution >= 4 is 5.97 Å². The van der Waals surface area contributed by atoms with E-state index in [1.165, 1.54) is 218 Å². The zero-order chi connectivity index (χ0) is 52.1. The van der Waals surface area contributed by atoms with E-state index in [4.69, 9.17) is 4.74 Å². The lowest BCUT2D eigenvalue weighted by Gasteiger charge is -2.58. The number of hydrogen-bond donors (Lipinski definition) is 0. The summed E-state index contributed by atoms with van der Waals surface area (Å²) in [6.07, 6.45) is 82.3. The third kappa shape index (κ3) is 25.3. The summed E-state index contributed by atoms with van der Waals surface area (Å²) in [6, 6.07) is 0. The molecule has 8 atom stereocenters. The van der Waals surface area contributed by atoms with Gasteiger partial charge in [-0.25, -0.2) is 0 Å². The minimum Gasteiger partial charge on any atom is -0.462 e. The Morgan fingerprint density at radius 2 is 1.00 bits per heavy atom. The molecule has 0 N–H and O–H groups in total. The highest BCUT2D eigenvalue weighted by Gasteiger charge is 2.59. The van der Waals surface area contributed by atoms with Gasteiger partial charge < -0.3 is 4.74 Å². The van der Waals surface area contributed by atoms with Crippen molar-refractivity contribution in [1.29, 1.82) is 0 Å². The first-order valence-electron chi connectivity index (χ1n) is 32.8. The Morgan fingerprint density at radius 1 is 0.534 bits per heavy atom. The van der Waals surface area contributed by atoms with Crippen LogP contribution in [0.5, 0.6) is 0 Å². The molecule has 4 aliphatic carbocycles. The molecule has 0 radical (unpaired) electrons. The van der Waals surface area contributed by atoms with Crippen LogP contribution in [0.4, 0.5) is 0 Å². The number of carbonyl (C=O) groups excluding carboxylic acids is 1. The van der Waals surface area contributed by atoms with E-state index in [9.17, 15) is 4.79 Å².